The van der Waals surface area contributed by atoms with Crippen LogP contribution in [0.3, 0.4) is 0 Å². The number of nitrogens with zero attached hydrogens (tertiary/aromatic N) is 1. The molecular formula is C10H12N2O3. The normalized spacial score (nSPS) is 19.8. The van der Waals surface area contributed by atoms with Crippen LogP contribution in [0.4, 0.5) is 4.79 Å². The molecule has 0 radical (unpaired) electrons. The lowest BCUT2D eigenvalue weighted by Crippen LogP contribution is -2.29. The molecule has 1 aromatic heterocycles. The minimum Gasteiger partial charge on any atom is -0.442 e. The van der Waals surface area contributed by atoms with Crippen molar-refractivity contribution in [3.63, 3.8) is 0 Å². The van der Waals surface area contributed by atoms with E-state index in [1.54, 1.807) is 29.8 Å². The highest BCUT2D eigenvalue weighted by Gasteiger charge is 2.22. The van der Waals surface area contributed by atoms with Gasteiger partial charge in [0, 0.05) is 11.8 Å². The molecule has 0 aliphatic carbocycles. The van der Waals surface area contributed by atoms with Gasteiger partial charge in [-0.2, -0.15) is 0 Å². The van der Waals surface area contributed by atoms with Gasteiger partial charge in [-0.05, 0) is 13.0 Å². The summed E-state index contributed by atoms with van der Waals surface area (Å²) < 4.78 is 6.51. The van der Waals surface area contributed by atoms with Gasteiger partial charge in [-0.25, -0.2) is 4.79 Å². The summed E-state index contributed by atoms with van der Waals surface area (Å²) in [4.78, 5) is 22.4. The van der Waals surface area contributed by atoms with Gasteiger partial charge < -0.3 is 14.6 Å². The molecule has 15 heavy (non-hydrogen) atoms. The third-order valence-electron chi connectivity index (χ3n) is 2.36. The zero-order valence-corrected chi connectivity index (χ0v) is 8.40. The number of ether oxygens (including phenoxy) is 1. The molecule has 80 valence electrons. The first-order valence-corrected chi connectivity index (χ1v) is 4.77. The van der Waals surface area contributed by atoms with Crippen molar-refractivity contribution in [3.8, 4) is 0 Å². The second-order valence-electron chi connectivity index (χ2n) is 3.56. The summed E-state index contributed by atoms with van der Waals surface area (Å²) in [5, 5.41) is 2.55. The molecule has 0 saturated carbocycles. The van der Waals surface area contributed by atoms with Crippen molar-refractivity contribution in [1.29, 1.82) is 0 Å². The SMILES string of the molecule is Cc1cccn(CC2CNC(=O)O2)c1=O. The molecule has 2 heterocycles. The third kappa shape index (κ3) is 2.01. The van der Waals surface area contributed by atoms with Crippen LogP contribution >= 0.6 is 0 Å². The van der Waals surface area contributed by atoms with E-state index >= 15 is 0 Å². The summed E-state index contributed by atoms with van der Waals surface area (Å²) in [6.45, 7) is 2.62. The van der Waals surface area contributed by atoms with Gasteiger partial charge >= 0.3 is 6.09 Å². The molecule has 0 spiro atoms. The number of hydrogen-bond donors (Lipinski definition) is 1. The molecule has 1 aliphatic rings. The minimum absolute atomic E-state index is 0.0413. The summed E-state index contributed by atoms with van der Waals surface area (Å²) in [5.41, 5.74) is 0.648. The van der Waals surface area contributed by atoms with Gasteiger partial charge in [0.2, 0.25) is 0 Å². The monoisotopic (exact) mass is 208 g/mol. The molecule has 1 atom stereocenters. The fraction of sp³-hybridized carbons (Fsp3) is 0.400. The van der Waals surface area contributed by atoms with Crippen molar-refractivity contribution in [2.24, 2.45) is 0 Å². The Morgan fingerprint density at radius 1 is 1.60 bits per heavy atom. The summed E-state index contributed by atoms with van der Waals surface area (Å²) in [5.74, 6) is 0. The van der Waals surface area contributed by atoms with Gasteiger partial charge in [0.15, 0.2) is 0 Å². The Labute approximate surface area is 86.7 Å². The van der Waals surface area contributed by atoms with Crippen molar-refractivity contribution in [1.82, 2.24) is 9.88 Å². The largest absolute Gasteiger partial charge is 0.442 e. The highest BCUT2D eigenvalue weighted by molar-refractivity contribution is 5.69. The van der Waals surface area contributed by atoms with E-state index in [9.17, 15) is 9.59 Å². The minimum atomic E-state index is -0.416. The highest BCUT2D eigenvalue weighted by atomic mass is 16.6. The number of aromatic nitrogens is 1. The second kappa shape index (κ2) is 3.76. The molecule has 1 amide bonds. The number of carbonyl (C=O) groups is 1. The first-order valence-electron chi connectivity index (χ1n) is 4.77. The second-order valence-corrected chi connectivity index (χ2v) is 3.56. The van der Waals surface area contributed by atoms with Crippen LogP contribution in [-0.4, -0.2) is 23.3 Å². The maximum Gasteiger partial charge on any atom is 0.407 e. The molecule has 1 saturated heterocycles. The predicted molar refractivity (Wildman–Crippen MR) is 53.7 cm³/mol. The van der Waals surface area contributed by atoms with Crippen LogP contribution in [0.5, 0.6) is 0 Å². The number of nitrogens with one attached hydrogen (secondary N) is 1. The summed E-state index contributed by atoms with van der Waals surface area (Å²) >= 11 is 0. The lowest BCUT2D eigenvalue weighted by molar-refractivity contribution is 0.130. The van der Waals surface area contributed by atoms with Crippen LogP contribution in [0.25, 0.3) is 0 Å². The predicted octanol–water partition coefficient (Wildman–Crippen LogP) is 0.265. The van der Waals surface area contributed by atoms with E-state index in [2.05, 4.69) is 5.32 Å². The fourth-order valence-corrected chi connectivity index (χ4v) is 1.55. The Morgan fingerprint density at radius 3 is 3.07 bits per heavy atom. The molecule has 1 N–H and O–H groups in total. The molecule has 0 bridgehead atoms. The van der Waals surface area contributed by atoms with E-state index in [0.29, 0.717) is 18.7 Å². The zero-order valence-electron chi connectivity index (χ0n) is 8.40. The Bertz CT molecular complexity index is 439. The number of aryl methyl sites for hydroxylation is 1. The first kappa shape index (κ1) is 9.76. The summed E-state index contributed by atoms with van der Waals surface area (Å²) in [6, 6.07) is 3.57. The van der Waals surface area contributed by atoms with Gasteiger partial charge in [-0.3, -0.25) is 4.79 Å². The van der Waals surface area contributed by atoms with Crippen LogP contribution in [0, 0.1) is 6.92 Å². The van der Waals surface area contributed by atoms with Crippen molar-refractivity contribution in [2.75, 3.05) is 6.54 Å². The van der Waals surface area contributed by atoms with E-state index in [1.165, 1.54) is 0 Å². The molecule has 1 aliphatic heterocycles. The van der Waals surface area contributed by atoms with Crippen LogP contribution in [0.1, 0.15) is 5.56 Å². The van der Waals surface area contributed by atoms with Gasteiger partial charge in [0.1, 0.15) is 6.10 Å². The number of hydrogen-bond acceptors (Lipinski definition) is 3. The fourth-order valence-electron chi connectivity index (χ4n) is 1.55. The van der Waals surface area contributed by atoms with Crippen LogP contribution in [0.15, 0.2) is 23.1 Å². The standard InChI is InChI=1S/C10H12N2O3/c1-7-3-2-4-12(9(7)13)6-8-5-11-10(14)15-8/h2-4,8H,5-6H2,1H3,(H,11,14). The Kier molecular flexibility index (Phi) is 2.45. The van der Waals surface area contributed by atoms with Crippen molar-refractivity contribution < 1.29 is 9.53 Å². The highest BCUT2D eigenvalue weighted by Crippen LogP contribution is 2.02. The van der Waals surface area contributed by atoms with Crippen LogP contribution in [0.2, 0.25) is 0 Å². The Hall–Kier alpha value is -1.78. The molecule has 2 rings (SSSR count). The van der Waals surface area contributed by atoms with Crippen molar-refractivity contribution in [3.05, 3.63) is 34.2 Å². The topological polar surface area (TPSA) is 60.3 Å². The van der Waals surface area contributed by atoms with E-state index in [4.69, 9.17) is 4.74 Å². The maximum absolute atomic E-state index is 11.6. The maximum atomic E-state index is 11.6. The molecular weight excluding hydrogens is 196 g/mol. The summed E-state index contributed by atoms with van der Waals surface area (Å²) in [6.07, 6.45) is 1.03. The van der Waals surface area contributed by atoms with Crippen LogP contribution in [-0.2, 0) is 11.3 Å². The smallest absolute Gasteiger partial charge is 0.407 e. The van der Waals surface area contributed by atoms with E-state index in [-0.39, 0.29) is 11.7 Å². The molecule has 1 fully saturated rings. The van der Waals surface area contributed by atoms with Crippen molar-refractivity contribution >= 4 is 6.09 Å². The average molecular weight is 208 g/mol. The quantitative estimate of drug-likeness (QED) is 0.758. The van der Waals surface area contributed by atoms with Crippen molar-refractivity contribution in [2.45, 2.75) is 19.6 Å². The van der Waals surface area contributed by atoms with E-state index in [0.717, 1.165) is 0 Å². The zero-order chi connectivity index (χ0) is 10.8. The number of cyclic esters (lactones) is 1. The third-order valence-corrected chi connectivity index (χ3v) is 2.36. The van der Waals surface area contributed by atoms with E-state index < -0.39 is 6.09 Å². The molecule has 1 aromatic rings. The lowest BCUT2D eigenvalue weighted by Gasteiger charge is -2.10. The molecule has 5 heteroatoms. The van der Waals surface area contributed by atoms with Crippen LogP contribution < -0.4 is 10.9 Å². The number of carbonyl (C=O) groups excluding carboxylic acids is 1. The number of amides is 1. The van der Waals surface area contributed by atoms with Gasteiger partial charge in [-0.1, -0.05) is 6.07 Å². The van der Waals surface area contributed by atoms with Gasteiger partial charge in [0.05, 0.1) is 13.1 Å². The molecule has 5 nitrogen and oxygen atoms in total. The lowest BCUT2D eigenvalue weighted by atomic mass is 10.3. The number of rotatable bonds is 2. The van der Waals surface area contributed by atoms with E-state index in [1.807, 2.05) is 0 Å². The molecule has 1 unspecified atom stereocenters. The summed E-state index contributed by atoms with van der Waals surface area (Å²) in [7, 11) is 0. The Balaban J connectivity index is 2.14. The average Bonchev–Trinajstić information content (AvgIpc) is 2.59. The molecule has 0 aromatic carbocycles. The number of alkyl carbamates (subject to hydrolysis) is 1. The number of pyridine rings is 1. The van der Waals surface area contributed by atoms with Gasteiger partial charge in [-0.15, -0.1) is 0 Å². The Morgan fingerprint density at radius 2 is 2.40 bits per heavy atom. The first-order chi connectivity index (χ1) is 7.16. The van der Waals surface area contributed by atoms with Gasteiger partial charge in [0.25, 0.3) is 5.56 Å².